The first kappa shape index (κ1) is 33.9. The van der Waals surface area contributed by atoms with Crippen LogP contribution in [0.5, 0.6) is 11.6 Å². The average molecular weight is 639 g/mol. The van der Waals surface area contributed by atoms with Gasteiger partial charge in [-0.15, -0.1) is 0 Å². The van der Waals surface area contributed by atoms with Gasteiger partial charge in [-0.05, 0) is 36.5 Å². The smallest absolute Gasteiger partial charge is 0.234 e. The molecule has 10 nitrogen and oxygen atoms in total. The summed E-state index contributed by atoms with van der Waals surface area (Å²) < 4.78 is 16.3. The van der Waals surface area contributed by atoms with Crippen molar-refractivity contribution in [3.05, 3.63) is 67.4 Å². The molecule has 3 N–H and O–H groups in total. The Morgan fingerprint density at radius 3 is 2.32 bits per heavy atom. The number of rotatable bonds is 18. The number of nitrogen functional groups attached to an aromatic ring is 1. The first-order chi connectivity index (χ1) is 22.7. The SMILES string of the molecule is Cn1cc(Nc2nc(Oc3cccc(N)c3)c3c(-c4cccnc4)cn(COCCCCCCCCCCCC(C)(C)C)c3n2)cn1. The van der Waals surface area contributed by atoms with Crippen LogP contribution in [0.25, 0.3) is 22.2 Å². The fraction of sp³-hybridized carbons (Fsp3) is 0.459. The van der Waals surface area contributed by atoms with Gasteiger partial charge < -0.3 is 25.1 Å². The molecule has 1 aromatic carbocycles. The first-order valence-electron chi connectivity index (χ1n) is 16.9. The Balaban J connectivity index is 1.26. The molecule has 0 saturated heterocycles. The molecule has 5 aromatic rings. The Bertz CT molecular complexity index is 1690. The standard InChI is InChI=1S/C37H50N8O2/c1-37(2,3)19-12-10-8-6-5-7-9-11-13-21-46-27-45-26-32(28-16-15-20-39-23-28)33-34(45)42-36(41-30-24-40-44(4)25-30)43-35(33)47-31-18-14-17-29(38)22-31/h14-18,20,22-26H,5-13,19,21,27,38H2,1-4H3,(H,41,42,43). The number of aryl methyl sites for hydroxylation is 1. The summed E-state index contributed by atoms with van der Waals surface area (Å²) in [6.07, 6.45) is 22.1. The summed E-state index contributed by atoms with van der Waals surface area (Å²) in [6.45, 7) is 8.04. The molecule has 0 unspecified atom stereocenters. The van der Waals surface area contributed by atoms with Gasteiger partial charge in [0.1, 0.15) is 12.5 Å². The second-order valence-corrected chi connectivity index (χ2v) is 13.5. The minimum Gasteiger partial charge on any atom is -0.438 e. The lowest BCUT2D eigenvalue weighted by atomic mass is 9.89. The molecule has 0 saturated carbocycles. The molecule has 47 heavy (non-hydrogen) atoms. The Morgan fingerprint density at radius 2 is 1.64 bits per heavy atom. The molecule has 0 radical (unpaired) electrons. The zero-order valence-electron chi connectivity index (χ0n) is 28.4. The number of aromatic nitrogens is 6. The summed E-state index contributed by atoms with van der Waals surface area (Å²) >= 11 is 0. The van der Waals surface area contributed by atoms with Crippen molar-refractivity contribution in [3.8, 4) is 22.8 Å². The summed E-state index contributed by atoms with van der Waals surface area (Å²) in [5.41, 5.74) is 10.4. The normalized spacial score (nSPS) is 11.7. The van der Waals surface area contributed by atoms with Crippen LogP contribution in [0.1, 0.15) is 85.0 Å². The average Bonchev–Trinajstić information content (AvgIpc) is 3.62. The summed E-state index contributed by atoms with van der Waals surface area (Å²) in [6, 6.07) is 11.2. The van der Waals surface area contributed by atoms with Crippen molar-refractivity contribution in [2.45, 2.75) is 91.7 Å². The van der Waals surface area contributed by atoms with Crippen molar-refractivity contribution in [2.75, 3.05) is 17.7 Å². The highest BCUT2D eigenvalue weighted by molar-refractivity contribution is 5.98. The van der Waals surface area contributed by atoms with Gasteiger partial charge in [-0.2, -0.15) is 15.1 Å². The van der Waals surface area contributed by atoms with E-state index in [4.69, 9.17) is 25.2 Å². The van der Waals surface area contributed by atoms with E-state index < -0.39 is 0 Å². The first-order valence-corrected chi connectivity index (χ1v) is 16.9. The molecule has 0 amide bonds. The fourth-order valence-corrected chi connectivity index (χ4v) is 5.69. The van der Waals surface area contributed by atoms with Crippen LogP contribution >= 0.6 is 0 Å². The number of ether oxygens (including phenoxy) is 2. The molecule has 4 heterocycles. The second-order valence-electron chi connectivity index (χ2n) is 13.5. The summed E-state index contributed by atoms with van der Waals surface area (Å²) in [4.78, 5) is 14.1. The van der Waals surface area contributed by atoms with E-state index in [1.807, 2.05) is 60.5 Å². The molecule has 0 fully saturated rings. The third-order valence-electron chi connectivity index (χ3n) is 8.14. The number of nitrogens with zero attached hydrogens (tertiary/aromatic N) is 6. The van der Waals surface area contributed by atoms with E-state index in [-0.39, 0.29) is 0 Å². The summed E-state index contributed by atoms with van der Waals surface area (Å²) in [5, 5.41) is 8.30. The number of fused-ring (bicyclic) bond motifs is 1. The molecule has 4 aromatic heterocycles. The predicted octanol–water partition coefficient (Wildman–Crippen LogP) is 9.27. The molecule has 250 valence electrons. The Labute approximate surface area is 278 Å². The van der Waals surface area contributed by atoms with E-state index in [0.29, 0.717) is 47.7 Å². The van der Waals surface area contributed by atoms with Gasteiger partial charge in [-0.25, -0.2) is 0 Å². The Morgan fingerprint density at radius 1 is 0.872 bits per heavy atom. The maximum absolute atomic E-state index is 6.40. The van der Waals surface area contributed by atoms with Crippen LogP contribution in [-0.2, 0) is 18.5 Å². The van der Waals surface area contributed by atoms with E-state index >= 15 is 0 Å². The number of hydrogen-bond acceptors (Lipinski definition) is 8. The summed E-state index contributed by atoms with van der Waals surface area (Å²) in [5.74, 6) is 1.37. The van der Waals surface area contributed by atoms with Crippen molar-refractivity contribution >= 4 is 28.4 Å². The number of nitrogens with one attached hydrogen (secondary N) is 1. The van der Waals surface area contributed by atoms with Crippen LogP contribution in [0.3, 0.4) is 0 Å². The number of hydrogen-bond donors (Lipinski definition) is 2. The maximum atomic E-state index is 6.40. The number of pyridine rings is 1. The highest BCUT2D eigenvalue weighted by atomic mass is 16.5. The van der Waals surface area contributed by atoms with Crippen LogP contribution in [0, 0.1) is 5.41 Å². The van der Waals surface area contributed by atoms with Crippen LogP contribution in [-0.4, -0.2) is 35.9 Å². The lowest BCUT2D eigenvalue weighted by molar-refractivity contribution is 0.0764. The molecule has 0 aliphatic heterocycles. The second kappa shape index (κ2) is 16.4. The minimum atomic E-state index is 0.354. The highest BCUT2D eigenvalue weighted by Gasteiger charge is 2.21. The van der Waals surface area contributed by atoms with Crippen LogP contribution < -0.4 is 15.8 Å². The number of nitrogens with two attached hydrogens (primary N) is 1. The highest BCUT2D eigenvalue weighted by Crippen LogP contribution is 2.38. The predicted molar refractivity (Wildman–Crippen MR) is 190 cm³/mol. The third kappa shape index (κ3) is 10.3. The third-order valence-corrected chi connectivity index (χ3v) is 8.14. The van der Waals surface area contributed by atoms with Crippen LogP contribution in [0.4, 0.5) is 17.3 Å². The molecule has 0 spiro atoms. The lowest BCUT2D eigenvalue weighted by Gasteiger charge is -2.17. The zero-order chi connectivity index (χ0) is 33.1. The molecule has 0 bridgehead atoms. The van der Waals surface area contributed by atoms with Gasteiger partial charge in [0.2, 0.25) is 11.8 Å². The Hall–Kier alpha value is -4.44. The van der Waals surface area contributed by atoms with Gasteiger partial charge >= 0.3 is 0 Å². The fourth-order valence-electron chi connectivity index (χ4n) is 5.69. The van der Waals surface area contributed by atoms with E-state index in [0.717, 1.165) is 28.6 Å². The van der Waals surface area contributed by atoms with Gasteiger partial charge in [0.15, 0.2) is 5.65 Å². The van der Waals surface area contributed by atoms with Gasteiger partial charge in [-0.1, -0.05) is 84.3 Å². The van der Waals surface area contributed by atoms with E-state index in [1.165, 1.54) is 57.8 Å². The van der Waals surface area contributed by atoms with Gasteiger partial charge in [0, 0.05) is 61.3 Å². The quantitative estimate of drug-likeness (QED) is 0.0720. The lowest BCUT2D eigenvalue weighted by Crippen LogP contribution is -2.06. The van der Waals surface area contributed by atoms with Crippen LogP contribution in [0.15, 0.2) is 67.4 Å². The molecular weight excluding hydrogens is 588 g/mol. The monoisotopic (exact) mass is 638 g/mol. The molecule has 0 atom stereocenters. The molecule has 10 heteroatoms. The van der Waals surface area contributed by atoms with E-state index in [2.05, 4.69) is 36.2 Å². The molecule has 0 aliphatic rings. The number of unbranched alkanes of at least 4 members (excludes halogenated alkanes) is 8. The van der Waals surface area contributed by atoms with Crippen molar-refractivity contribution in [3.63, 3.8) is 0 Å². The molecule has 0 aliphatic carbocycles. The van der Waals surface area contributed by atoms with Gasteiger partial charge in [-0.3, -0.25) is 9.67 Å². The molecular formula is C37H50N8O2. The van der Waals surface area contributed by atoms with Crippen molar-refractivity contribution in [1.29, 1.82) is 0 Å². The Kier molecular flexibility index (Phi) is 11.8. The largest absolute Gasteiger partial charge is 0.438 e. The van der Waals surface area contributed by atoms with Gasteiger partial charge in [0.25, 0.3) is 0 Å². The number of anilines is 3. The number of benzene rings is 1. The topological polar surface area (TPSA) is 118 Å². The van der Waals surface area contributed by atoms with E-state index in [1.54, 1.807) is 23.1 Å². The van der Waals surface area contributed by atoms with Crippen LogP contribution in [0.2, 0.25) is 0 Å². The van der Waals surface area contributed by atoms with Gasteiger partial charge in [0.05, 0.1) is 17.3 Å². The molecule has 5 rings (SSSR count). The van der Waals surface area contributed by atoms with Crippen molar-refractivity contribution in [1.82, 2.24) is 29.3 Å². The van der Waals surface area contributed by atoms with Crippen molar-refractivity contribution < 1.29 is 9.47 Å². The van der Waals surface area contributed by atoms with Crippen molar-refractivity contribution in [2.24, 2.45) is 12.5 Å². The van der Waals surface area contributed by atoms with E-state index in [9.17, 15) is 0 Å². The maximum Gasteiger partial charge on any atom is 0.234 e. The summed E-state index contributed by atoms with van der Waals surface area (Å²) in [7, 11) is 1.86. The minimum absolute atomic E-state index is 0.354. The zero-order valence-corrected chi connectivity index (χ0v) is 28.4.